The maximum Gasteiger partial charge on any atom is 0.0746 e. The molecule has 3 rings (SSSR count). The van der Waals surface area contributed by atoms with Crippen molar-refractivity contribution in [3.05, 3.63) is 75.9 Å². The van der Waals surface area contributed by atoms with Gasteiger partial charge in [-0.3, -0.25) is 4.98 Å². The zero-order valence-corrected chi connectivity index (χ0v) is 13.7. The molecule has 1 aromatic heterocycles. The van der Waals surface area contributed by atoms with E-state index in [0.717, 1.165) is 23.0 Å². The van der Waals surface area contributed by atoms with Crippen LogP contribution in [0.1, 0.15) is 24.1 Å². The van der Waals surface area contributed by atoms with E-state index in [4.69, 9.17) is 23.2 Å². The van der Waals surface area contributed by atoms with Crippen LogP contribution in [0.15, 0.2) is 54.7 Å². The van der Waals surface area contributed by atoms with Crippen LogP contribution >= 0.6 is 23.2 Å². The Hall–Kier alpha value is -1.61. The van der Waals surface area contributed by atoms with Crippen LogP contribution in [-0.2, 0) is 6.54 Å². The average molecular weight is 331 g/mol. The van der Waals surface area contributed by atoms with Crippen LogP contribution in [0.5, 0.6) is 0 Å². The summed E-state index contributed by atoms with van der Waals surface area (Å²) in [6, 6.07) is 16.0. The lowest BCUT2D eigenvalue weighted by atomic mass is 10.1. The predicted molar refractivity (Wildman–Crippen MR) is 93.5 cm³/mol. The molecule has 22 heavy (non-hydrogen) atoms. The molecule has 0 saturated heterocycles. The van der Waals surface area contributed by atoms with Crippen molar-refractivity contribution in [3.8, 4) is 0 Å². The molecule has 1 atom stereocenters. The van der Waals surface area contributed by atoms with Gasteiger partial charge in [0, 0.05) is 34.2 Å². The molecule has 0 aliphatic rings. The normalized spacial score (nSPS) is 12.5. The lowest BCUT2D eigenvalue weighted by molar-refractivity contribution is 0.576. The molecule has 1 heterocycles. The van der Waals surface area contributed by atoms with E-state index < -0.39 is 0 Å². The smallest absolute Gasteiger partial charge is 0.0746 e. The molecule has 2 aromatic carbocycles. The summed E-state index contributed by atoms with van der Waals surface area (Å²) in [5, 5.41) is 5.99. The number of nitrogens with one attached hydrogen (secondary N) is 1. The Labute approximate surface area is 140 Å². The van der Waals surface area contributed by atoms with Gasteiger partial charge in [-0.25, -0.2) is 0 Å². The number of fused-ring (bicyclic) bond motifs is 1. The molecular formula is C18H16Cl2N2. The number of aromatic nitrogens is 1. The first kappa shape index (κ1) is 15.3. The quantitative estimate of drug-likeness (QED) is 0.693. The molecule has 1 unspecified atom stereocenters. The highest BCUT2D eigenvalue weighted by Gasteiger charge is 2.10. The minimum Gasteiger partial charge on any atom is -0.306 e. The summed E-state index contributed by atoms with van der Waals surface area (Å²) < 4.78 is 0. The molecule has 0 saturated carbocycles. The zero-order valence-electron chi connectivity index (χ0n) is 12.2. The average Bonchev–Trinajstić information content (AvgIpc) is 2.52. The fourth-order valence-corrected chi connectivity index (χ4v) is 3.11. The van der Waals surface area contributed by atoms with Gasteiger partial charge in [0.05, 0.1) is 5.52 Å². The second kappa shape index (κ2) is 6.66. The lowest BCUT2D eigenvalue weighted by Crippen LogP contribution is -2.18. The van der Waals surface area contributed by atoms with Crippen molar-refractivity contribution in [3.63, 3.8) is 0 Å². The Balaban J connectivity index is 1.79. The van der Waals surface area contributed by atoms with Crippen molar-refractivity contribution in [2.45, 2.75) is 19.5 Å². The van der Waals surface area contributed by atoms with E-state index in [2.05, 4.69) is 41.5 Å². The number of halogens is 2. The Morgan fingerprint density at radius 1 is 1.09 bits per heavy atom. The predicted octanol–water partition coefficient (Wildman–Crippen LogP) is 5.39. The monoisotopic (exact) mass is 330 g/mol. The van der Waals surface area contributed by atoms with Gasteiger partial charge in [0.1, 0.15) is 0 Å². The van der Waals surface area contributed by atoms with Crippen molar-refractivity contribution >= 4 is 34.1 Å². The van der Waals surface area contributed by atoms with Crippen molar-refractivity contribution in [1.29, 1.82) is 0 Å². The van der Waals surface area contributed by atoms with Gasteiger partial charge in [-0.05, 0) is 36.2 Å². The SMILES string of the molecule is CC(NCc1cccc2cccnc12)c1ccc(Cl)cc1Cl. The molecule has 0 aliphatic carbocycles. The molecule has 2 nitrogen and oxygen atoms in total. The minimum absolute atomic E-state index is 0.128. The molecule has 1 N–H and O–H groups in total. The summed E-state index contributed by atoms with van der Waals surface area (Å²) in [6.45, 7) is 2.82. The van der Waals surface area contributed by atoms with Crippen LogP contribution in [0.25, 0.3) is 10.9 Å². The summed E-state index contributed by atoms with van der Waals surface area (Å²) in [7, 11) is 0. The van der Waals surface area contributed by atoms with Gasteiger partial charge in [0.25, 0.3) is 0 Å². The van der Waals surface area contributed by atoms with Crippen molar-refractivity contribution in [1.82, 2.24) is 10.3 Å². The van der Waals surface area contributed by atoms with Crippen molar-refractivity contribution in [2.24, 2.45) is 0 Å². The third-order valence-electron chi connectivity index (χ3n) is 3.74. The first-order chi connectivity index (χ1) is 10.6. The third kappa shape index (κ3) is 3.25. The number of nitrogens with zero attached hydrogens (tertiary/aromatic N) is 1. The molecule has 3 aromatic rings. The molecule has 0 bridgehead atoms. The van der Waals surface area contributed by atoms with Gasteiger partial charge < -0.3 is 5.32 Å². The fourth-order valence-electron chi connectivity index (χ4n) is 2.54. The van der Waals surface area contributed by atoms with Crippen LogP contribution in [0.2, 0.25) is 10.0 Å². The second-order valence-electron chi connectivity index (χ2n) is 5.26. The number of rotatable bonds is 4. The molecular weight excluding hydrogens is 315 g/mol. The Bertz CT molecular complexity index is 797. The Morgan fingerprint density at radius 3 is 2.73 bits per heavy atom. The first-order valence-electron chi connectivity index (χ1n) is 7.16. The highest BCUT2D eigenvalue weighted by atomic mass is 35.5. The summed E-state index contributed by atoms with van der Waals surface area (Å²) in [6.07, 6.45) is 1.82. The number of hydrogen-bond acceptors (Lipinski definition) is 2. The molecule has 0 aliphatic heterocycles. The topological polar surface area (TPSA) is 24.9 Å². The molecule has 0 fully saturated rings. The van der Waals surface area contributed by atoms with Crippen molar-refractivity contribution < 1.29 is 0 Å². The molecule has 4 heteroatoms. The van der Waals surface area contributed by atoms with Gasteiger partial charge >= 0.3 is 0 Å². The van der Waals surface area contributed by atoms with E-state index in [1.54, 1.807) is 6.07 Å². The van der Waals surface area contributed by atoms with E-state index in [1.165, 1.54) is 5.56 Å². The van der Waals surface area contributed by atoms with E-state index >= 15 is 0 Å². The van der Waals surface area contributed by atoms with Gasteiger partial charge in [-0.15, -0.1) is 0 Å². The summed E-state index contributed by atoms with van der Waals surface area (Å²) in [5.41, 5.74) is 3.25. The van der Waals surface area contributed by atoms with E-state index in [9.17, 15) is 0 Å². The molecule has 0 spiro atoms. The summed E-state index contributed by atoms with van der Waals surface area (Å²) in [5.74, 6) is 0. The fraction of sp³-hybridized carbons (Fsp3) is 0.167. The van der Waals surface area contributed by atoms with Gasteiger partial charge in [0.15, 0.2) is 0 Å². The van der Waals surface area contributed by atoms with Crippen LogP contribution in [-0.4, -0.2) is 4.98 Å². The van der Waals surface area contributed by atoms with Gasteiger partial charge in [-0.1, -0.05) is 53.5 Å². The van der Waals surface area contributed by atoms with Gasteiger partial charge in [0.2, 0.25) is 0 Å². The van der Waals surface area contributed by atoms with E-state index in [0.29, 0.717) is 10.0 Å². The molecule has 0 radical (unpaired) electrons. The van der Waals surface area contributed by atoms with Crippen LogP contribution in [0, 0.1) is 0 Å². The third-order valence-corrected chi connectivity index (χ3v) is 4.31. The van der Waals surface area contributed by atoms with Crippen LogP contribution in [0.3, 0.4) is 0 Å². The maximum absolute atomic E-state index is 6.26. The second-order valence-corrected chi connectivity index (χ2v) is 6.10. The van der Waals surface area contributed by atoms with Gasteiger partial charge in [-0.2, -0.15) is 0 Å². The Kier molecular flexibility index (Phi) is 4.63. The maximum atomic E-state index is 6.26. The van der Waals surface area contributed by atoms with E-state index in [1.807, 2.05) is 24.4 Å². The Morgan fingerprint density at radius 2 is 1.91 bits per heavy atom. The standard InChI is InChI=1S/C18H16Cl2N2/c1-12(16-8-7-15(19)10-17(16)20)22-11-14-5-2-4-13-6-3-9-21-18(13)14/h2-10,12,22H,11H2,1H3. The highest BCUT2D eigenvalue weighted by molar-refractivity contribution is 6.35. The number of hydrogen-bond donors (Lipinski definition) is 1. The highest BCUT2D eigenvalue weighted by Crippen LogP contribution is 2.26. The number of benzene rings is 2. The molecule has 0 amide bonds. The van der Waals surface area contributed by atoms with Crippen LogP contribution in [0.4, 0.5) is 0 Å². The number of para-hydroxylation sites is 1. The minimum atomic E-state index is 0.128. The first-order valence-corrected chi connectivity index (χ1v) is 7.91. The van der Waals surface area contributed by atoms with E-state index in [-0.39, 0.29) is 6.04 Å². The summed E-state index contributed by atoms with van der Waals surface area (Å²) in [4.78, 5) is 4.48. The van der Waals surface area contributed by atoms with Crippen LogP contribution < -0.4 is 5.32 Å². The summed E-state index contributed by atoms with van der Waals surface area (Å²) >= 11 is 12.2. The molecule has 112 valence electrons. The number of pyridine rings is 1. The largest absolute Gasteiger partial charge is 0.306 e. The van der Waals surface area contributed by atoms with Crippen molar-refractivity contribution in [2.75, 3.05) is 0 Å². The lowest BCUT2D eigenvalue weighted by Gasteiger charge is -2.16. The zero-order chi connectivity index (χ0) is 15.5.